The highest BCUT2D eigenvalue weighted by Gasteiger charge is 2.47. The van der Waals surface area contributed by atoms with E-state index in [1.165, 1.54) is 16.9 Å². The van der Waals surface area contributed by atoms with Gasteiger partial charge in [-0.25, -0.2) is 9.78 Å². The molecule has 2 atom stereocenters. The van der Waals surface area contributed by atoms with E-state index in [9.17, 15) is 19.5 Å². The predicted octanol–water partition coefficient (Wildman–Crippen LogP) is 4.18. The van der Waals surface area contributed by atoms with Crippen molar-refractivity contribution >= 4 is 56.5 Å². The number of urea groups is 1. The van der Waals surface area contributed by atoms with E-state index >= 15 is 0 Å². The quantitative estimate of drug-likeness (QED) is 0.315. The van der Waals surface area contributed by atoms with Gasteiger partial charge in [-0.2, -0.15) is 0 Å². The van der Waals surface area contributed by atoms with Crippen LogP contribution in [-0.2, 0) is 9.53 Å². The fraction of sp³-hybridized carbons (Fsp3) is 0.267. The molecule has 6 rings (SSSR count). The summed E-state index contributed by atoms with van der Waals surface area (Å²) in [6, 6.07) is 15.2. The third-order valence-electron chi connectivity index (χ3n) is 7.50. The molecule has 216 valence electrons. The van der Waals surface area contributed by atoms with Crippen LogP contribution < -0.4 is 20.3 Å². The molecule has 42 heavy (non-hydrogen) atoms. The van der Waals surface area contributed by atoms with Crippen molar-refractivity contribution in [1.29, 1.82) is 0 Å². The number of ether oxygens (including phenoxy) is 2. The summed E-state index contributed by atoms with van der Waals surface area (Å²) in [5.74, 6) is 0.385. The topological polar surface area (TPSA) is 139 Å². The van der Waals surface area contributed by atoms with Crippen LogP contribution >= 0.6 is 11.3 Å². The van der Waals surface area contributed by atoms with Gasteiger partial charge in [0.25, 0.3) is 5.91 Å². The minimum Gasteiger partial charge on any atom is -0.457 e. The molecule has 4 aromatic rings. The number of benzene rings is 2. The predicted molar refractivity (Wildman–Crippen MR) is 159 cm³/mol. The van der Waals surface area contributed by atoms with Gasteiger partial charge in [-0.15, -0.1) is 11.3 Å². The summed E-state index contributed by atoms with van der Waals surface area (Å²) < 4.78 is 11.0. The fourth-order valence-electron chi connectivity index (χ4n) is 5.56. The highest BCUT2D eigenvalue weighted by Crippen LogP contribution is 2.50. The molecule has 1 saturated heterocycles. The number of likely N-dealkylation sites (tertiary alicyclic amines) is 1. The number of carbonyl (C=O) groups is 3. The van der Waals surface area contributed by atoms with E-state index in [0.717, 1.165) is 16.9 Å². The first-order valence-electron chi connectivity index (χ1n) is 13.4. The van der Waals surface area contributed by atoms with Crippen LogP contribution in [0.15, 0.2) is 60.8 Å². The number of anilines is 3. The van der Waals surface area contributed by atoms with Crippen LogP contribution in [0.1, 0.15) is 21.7 Å². The second kappa shape index (κ2) is 11.0. The highest BCUT2D eigenvalue weighted by atomic mass is 32.1. The summed E-state index contributed by atoms with van der Waals surface area (Å²) >= 11 is 1.09. The van der Waals surface area contributed by atoms with Crippen LogP contribution in [0.2, 0.25) is 0 Å². The zero-order valence-electron chi connectivity index (χ0n) is 23.0. The first-order chi connectivity index (χ1) is 20.3. The number of rotatable bonds is 8. The van der Waals surface area contributed by atoms with E-state index < -0.39 is 24.1 Å². The molecule has 0 unspecified atom stereocenters. The number of hydrogen-bond donors (Lipinski definition) is 2. The van der Waals surface area contributed by atoms with Gasteiger partial charge in [0.05, 0.1) is 47.6 Å². The number of carbonyl (C=O) groups excluding carboxylic acids is 3. The molecule has 12 heteroatoms. The first kappa shape index (κ1) is 27.6. The Morgan fingerprint density at radius 1 is 1.10 bits per heavy atom. The zero-order chi connectivity index (χ0) is 29.5. The van der Waals surface area contributed by atoms with Gasteiger partial charge in [0.2, 0.25) is 5.91 Å². The molecule has 0 spiro atoms. The number of pyridine rings is 1. The van der Waals surface area contributed by atoms with Gasteiger partial charge < -0.3 is 25.2 Å². The van der Waals surface area contributed by atoms with Crippen LogP contribution in [0.5, 0.6) is 11.5 Å². The molecule has 0 aliphatic carbocycles. The number of β-amino-alcohol motifs (C(OH)–C–C–N with tert-alkyl or cyclic N) is 1. The Balaban J connectivity index is 1.44. The van der Waals surface area contributed by atoms with Gasteiger partial charge in [-0.05, 0) is 48.9 Å². The molecule has 2 aromatic carbocycles. The van der Waals surface area contributed by atoms with Crippen molar-refractivity contribution in [1.82, 2.24) is 9.88 Å². The van der Waals surface area contributed by atoms with Crippen molar-refractivity contribution in [3.8, 4) is 11.5 Å². The number of hydrogen-bond acceptors (Lipinski definition) is 8. The number of primary amides is 1. The van der Waals surface area contributed by atoms with Crippen LogP contribution in [0.3, 0.4) is 0 Å². The van der Waals surface area contributed by atoms with Crippen molar-refractivity contribution < 1.29 is 29.0 Å². The lowest BCUT2D eigenvalue weighted by Gasteiger charge is -2.40. The number of amides is 4. The summed E-state index contributed by atoms with van der Waals surface area (Å²) in [5.41, 5.74) is 7.99. The number of aliphatic hydroxyl groups excluding tert-OH is 1. The van der Waals surface area contributed by atoms with E-state index in [0.29, 0.717) is 38.8 Å². The molecule has 3 N–H and O–H groups in total. The highest BCUT2D eigenvalue weighted by molar-refractivity contribution is 7.21. The number of para-hydroxylation sites is 1. The fourth-order valence-corrected chi connectivity index (χ4v) is 6.57. The minimum absolute atomic E-state index is 0.0423. The third-order valence-corrected chi connectivity index (χ3v) is 8.60. The van der Waals surface area contributed by atoms with E-state index in [1.807, 2.05) is 43.3 Å². The number of aryl methyl sites for hydroxylation is 1. The molecular formula is C30H29N5O6S. The number of thiophene rings is 1. The molecule has 0 radical (unpaired) electrons. The molecule has 0 bridgehead atoms. The molecule has 2 aromatic heterocycles. The van der Waals surface area contributed by atoms with Crippen LogP contribution in [-0.4, -0.2) is 71.8 Å². The average Bonchev–Trinajstić information content (AvgIpc) is 3.55. The molecular weight excluding hydrogens is 558 g/mol. The van der Waals surface area contributed by atoms with E-state index in [2.05, 4.69) is 4.98 Å². The first-order valence-corrected chi connectivity index (χ1v) is 14.2. The van der Waals surface area contributed by atoms with Gasteiger partial charge >= 0.3 is 6.03 Å². The standard InChI is InChI=1S/C30H29N5O6S/c1-17-14-19(41-18-6-4-3-5-7-18)8-9-20(17)34-21-10-12-32-29-25(21)26(27(42-29)28(31)38)35(30(34)39)22-15-33(16-23(22)36)24(37)11-13-40-2/h3-10,12,14,22-23,36H,11,13,15-16H2,1-2H3,(H2,31,38)/t22-,23-/m0/s1. The maximum absolute atomic E-state index is 14.5. The number of aromatic nitrogens is 1. The van der Waals surface area contributed by atoms with Gasteiger partial charge in [0.15, 0.2) is 0 Å². The van der Waals surface area contributed by atoms with Crippen LogP contribution in [0.4, 0.5) is 21.9 Å². The van der Waals surface area contributed by atoms with Crippen molar-refractivity contribution in [3.63, 3.8) is 0 Å². The Morgan fingerprint density at radius 3 is 2.60 bits per heavy atom. The maximum atomic E-state index is 14.5. The van der Waals surface area contributed by atoms with Crippen molar-refractivity contribution in [3.05, 3.63) is 71.2 Å². The Hall–Kier alpha value is -4.52. The molecule has 0 saturated carbocycles. The largest absolute Gasteiger partial charge is 0.457 e. The van der Waals surface area contributed by atoms with Gasteiger partial charge in [-0.3, -0.25) is 19.4 Å². The third kappa shape index (κ3) is 4.73. The second-order valence-electron chi connectivity index (χ2n) is 10.2. The normalized spacial score (nSPS) is 18.2. The van der Waals surface area contributed by atoms with Crippen LogP contribution in [0, 0.1) is 6.92 Å². The number of methoxy groups -OCH3 is 1. The summed E-state index contributed by atoms with van der Waals surface area (Å²) in [6.45, 7) is 2.24. The van der Waals surface area contributed by atoms with Crippen LogP contribution in [0.25, 0.3) is 10.2 Å². The summed E-state index contributed by atoms with van der Waals surface area (Å²) in [5, 5.41) is 11.8. The van der Waals surface area contributed by atoms with Crippen molar-refractivity contribution in [2.24, 2.45) is 5.73 Å². The van der Waals surface area contributed by atoms with E-state index in [1.54, 1.807) is 29.3 Å². The van der Waals surface area contributed by atoms with Gasteiger partial charge in [0.1, 0.15) is 21.2 Å². The molecule has 2 aliphatic rings. The molecule has 4 heterocycles. The average molecular weight is 588 g/mol. The van der Waals surface area contributed by atoms with Crippen molar-refractivity contribution in [2.75, 3.05) is 36.6 Å². The number of aliphatic hydroxyl groups is 1. The van der Waals surface area contributed by atoms with E-state index in [4.69, 9.17) is 15.2 Å². The zero-order valence-corrected chi connectivity index (χ0v) is 23.8. The van der Waals surface area contributed by atoms with Gasteiger partial charge in [0, 0.05) is 26.4 Å². The second-order valence-corrected chi connectivity index (χ2v) is 11.2. The smallest absolute Gasteiger partial charge is 0.334 e. The Bertz CT molecular complexity index is 1690. The molecule has 2 aliphatic heterocycles. The SMILES string of the molecule is COCCC(=O)N1C[C@H](O)[C@@H](N2C(=O)N(c3ccc(Oc4ccccc4)cc3C)c3ccnc4sc(C(N)=O)c2c34)C1. The van der Waals surface area contributed by atoms with Crippen molar-refractivity contribution in [2.45, 2.75) is 25.5 Å². The summed E-state index contributed by atoms with van der Waals surface area (Å²) in [7, 11) is 1.51. The lowest BCUT2D eigenvalue weighted by molar-refractivity contribution is -0.131. The molecule has 11 nitrogen and oxygen atoms in total. The summed E-state index contributed by atoms with van der Waals surface area (Å²) in [4.78, 5) is 49.6. The number of nitrogens with zero attached hydrogens (tertiary/aromatic N) is 4. The lowest BCUT2D eigenvalue weighted by Crippen LogP contribution is -2.54. The number of nitrogens with two attached hydrogens (primary N) is 1. The summed E-state index contributed by atoms with van der Waals surface area (Å²) in [6.07, 6.45) is 0.676. The van der Waals surface area contributed by atoms with Gasteiger partial charge in [-0.1, -0.05) is 18.2 Å². The molecule has 1 fully saturated rings. The van der Waals surface area contributed by atoms with E-state index in [-0.39, 0.29) is 36.9 Å². The molecule has 4 amide bonds. The minimum atomic E-state index is -1.06. The Morgan fingerprint density at radius 2 is 1.88 bits per heavy atom. The Labute approximate surface area is 245 Å². The Kier molecular flexibility index (Phi) is 7.27. The maximum Gasteiger partial charge on any atom is 0.334 e. The lowest BCUT2D eigenvalue weighted by atomic mass is 10.0. The monoisotopic (exact) mass is 587 g/mol.